The first-order valence-corrected chi connectivity index (χ1v) is 8.53. The summed E-state index contributed by atoms with van der Waals surface area (Å²) in [6, 6.07) is 6.77. The van der Waals surface area contributed by atoms with Gasteiger partial charge in [-0.2, -0.15) is 0 Å². The topological polar surface area (TPSA) is 64.0 Å². The maximum absolute atomic E-state index is 10.9. The molecule has 0 saturated heterocycles. The van der Waals surface area contributed by atoms with Crippen molar-refractivity contribution in [2.24, 2.45) is 14.1 Å². The monoisotopic (exact) mass is 426 g/mol. The number of halogens is 2. The van der Waals surface area contributed by atoms with E-state index in [-0.39, 0.29) is 35.4 Å². The molecule has 0 spiro atoms. The van der Waals surface area contributed by atoms with Crippen molar-refractivity contribution in [2.45, 2.75) is 13.1 Å². The average molecular weight is 427 g/mol. The van der Waals surface area contributed by atoms with Crippen molar-refractivity contribution in [3.63, 3.8) is 0 Å². The molecule has 28 heavy (non-hydrogen) atoms. The lowest BCUT2D eigenvalue weighted by molar-refractivity contribution is -0.671. The van der Waals surface area contributed by atoms with Crippen molar-refractivity contribution in [1.29, 1.82) is 0 Å². The summed E-state index contributed by atoms with van der Waals surface area (Å²) in [6.45, 7) is 3.33. The molecule has 3 aromatic rings. The number of aromatic nitrogens is 4. The van der Waals surface area contributed by atoms with E-state index in [0.717, 1.165) is 31.9 Å². The number of hydrogen-bond acceptors (Lipinski definition) is 3. The molecule has 0 fully saturated rings. The number of anilines is 1. The van der Waals surface area contributed by atoms with Gasteiger partial charge < -0.3 is 29.7 Å². The van der Waals surface area contributed by atoms with E-state index in [1.165, 1.54) is 0 Å². The van der Waals surface area contributed by atoms with Gasteiger partial charge >= 0.3 is 0 Å². The zero-order valence-corrected chi connectivity index (χ0v) is 17.4. The van der Waals surface area contributed by atoms with Crippen LogP contribution in [0.15, 0.2) is 61.7 Å². The molecule has 10 heteroatoms. The highest BCUT2D eigenvalue weighted by Crippen LogP contribution is 2.19. The molecule has 3 rings (SSSR count). The molecule has 1 aromatic carbocycles. The highest BCUT2D eigenvalue weighted by molar-refractivity contribution is 5.50. The van der Waals surface area contributed by atoms with Crippen LogP contribution in [0.3, 0.4) is 0 Å². The summed E-state index contributed by atoms with van der Waals surface area (Å²) in [5.74, 6) is 0. The second-order valence-corrected chi connectivity index (χ2v) is 6.39. The van der Waals surface area contributed by atoms with Crippen LogP contribution < -0.4 is 38.8 Å². The molecule has 0 radical (unpaired) electrons. The van der Waals surface area contributed by atoms with E-state index in [0.29, 0.717) is 0 Å². The van der Waals surface area contributed by atoms with Gasteiger partial charge in [0.05, 0.1) is 32.1 Å². The molecule has 2 heterocycles. The van der Waals surface area contributed by atoms with Crippen LogP contribution in [0.1, 0.15) is 0 Å². The van der Waals surface area contributed by atoms with Crippen LogP contribution in [0.25, 0.3) is 0 Å². The third kappa shape index (κ3) is 6.24. The normalized spacial score (nSPS) is 10.1. The first-order chi connectivity index (χ1) is 12.5. The van der Waals surface area contributed by atoms with Gasteiger partial charge in [-0.25, -0.2) is 18.3 Å². The van der Waals surface area contributed by atoms with Crippen LogP contribution in [0.2, 0.25) is 0 Å². The Morgan fingerprint density at radius 1 is 0.929 bits per heavy atom. The maximum Gasteiger partial charge on any atom is 0.269 e. The van der Waals surface area contributed by atoms with Gasteiger partial charge in [-0.05, 0) is 12.1 Å². The van der Waals surface area contributed by atoms with E-state index in [2.05, 4.69) is 14.0 Å². The number of hydrogen-bond donors (Lipinski definition) is 0. The minimum Gasteiger partial charge on any atom is -1.00 e. The fourth-order valence-corrected chi connectivity index (χ4v) is 2.90. The second-order valence-electron chi connectivity index (χ2n) is 6.39. The van der Waals surface area contributed by atoms with E-state index in [1.807, 2.05) is 72.8 Å². The van der Waals surface area contributed by atoms with Gasteiger partial charge in [-0.3, -0.25) is 10.1 Å². The Morgan fingerprint density at radius 2 is 1.39 bits per heavy atom. The van der Waals surface area contributed by atoms with Crippen molar-refractivity contribution in [2.75, 3.05) is 18.0 Å². The molecule has 0 saturated carbocycles. The highest BCUT2D eigenvalue weighted by atomic mass is 35.5. The Bertz CT molecular complexity index is 834. The average Bonchev–Trinajstić information content (AvgIpc) is 3.23. The Hall–Kier alpha value is -2.58. The molecule has 2 aromatic heterocycles. The van der Waals surface area contributed by atoms with E-state index in [4.69, 9.17) is 0 Å². The van der Waals surface area contributed by atoms with E-state index in [1.54, 1.807) is 12.1 Å². The molecule has 0 unspecified atom stereocenters. The SMILES string of the molecule is C[n+]1ccn(CCN(CCn2cc[n+](C)c2)c2ccc([N+](=O)[O-])cc2)c1.[Cl-].[Cl-]. The summed E-state index contributed by atoms with van der Waals surface area (Å²) in [6.07, 6.45) is 12.2. The number of non-ortho nitro benzene ring substituents is 1. The summed E-state index contributed by atoms with van der Waals surface area (Å²) in [5.41, 5.74) is 1.10. The van der Waals surface area contributed by atoms with Gasteiger partial charge in [0, 0.05) is 17.8 Å². The third-order valence-corrected chi connectivity index (χ3v) is 4.33. The Kier molecular flexibility index (Phi) is 8.94. The maximum atomic E-state index is 10.9. The molecule has 8 nitrogen and oxygen atoms in total. The van der Waals surface area contributed by atoms with Crippen molar-refractivity contribution in [3.05, 3.63) is 71.8 Å². The molecule has 0 aliphatic heterocycles. The van der Waals surface area contributed by atoms with Gasteiger partial charge in [0.2, 0.25) is 12.7 Å². The molecule has 0 bridgehead atoms. The standard InChI is InChI=1S/C18H24N6O2.2ClH/c1-19-7-9-21(15-19)11-13-23(14-12-22-10-8-20(2)16-22)17-3-5-18(6-4-17)24(25)26;;/h3-10,15-16H,11-14H2,1-2H3;2*1H/q+2;;/p-2. The number of nitro benzene ring substituents is 1. The van der Waals surface area contributed by atoms with Crippen molar-refractivity contribution >= 4 is 11.4 Å². The summed E-state index contributed by atoms with van der Waals surface area (Å²) in [7, 11) is 3.99. The first kappa shape index (κ1) is 23.5. The van der Waals surface area contributed by atoms with E-state index in [9.17, 15) is 10.1 Å². The number of rotatable bonds is 8. The predicted molar refractivity (Wildman–Crippen MR) is 96.5 cm³/mol. The number of benzene rings is 1. The smallest absolute Gasteiger partial charge is 0.269 e. The van der Waals surface area contributed by atoms with Crippen molar-refractivity contribution in [1.82, 2.24) is 9.13 Å². The van der Waals surface area contributed by atoms with Crippen LogP contribution in [0.4, 0.5) is 11.4 Å². The Morgan fingerprint density at radius 3 is 1.75 bits per heavy atom. The molecule has 0 aliphatic rings. The van der Waals surface area contributed by atoms with Gasteiger partial charge in [0.25, 0.3) is 5.69 Å². The Balaban J connectivity index is 0.00000196. The van der Waals surface area contributed by atoms with E-state index >= 15 is 0 Å². The lowest BCUT2D eigenvalue weighted by Crippen LogP contribution is -3.00. The fraction of sp³-hybridized carbons (Fsp3) is 0.333. The Labute approximate surface area is 176 Å². The minimum atomic E-state index is -0.367. The summed E-state index contributed by atoms with van der Waals surface area (Å²) >= 11 is 0. The number of nitro groups is 1. The lowest BCUT2D eigenvalue weighted by atomic mass is 10.2. The van der Waals surface area contributed by atoms with Crippen LogP contribution in [0.5, 0.6) is 0 Å². The van der Waals surface area contributed by atoms with E-state index < -0.39 is 0 Å². The first-order valence-electron chi connectivity index (χ1n) is 8.53. The van der Waals surface area contributed by atoms with Gasteiger partial charge in [0.1, 0.15) is 37.9 Å². The third-order valence-electron chi connectivity index (χ3n) is 4.33. The quantitative estimate of drug-likeness (QED) is 0.206. The summed E-state index contributed by atoms with van der Waals surface area (Å²) in [4.78, 5) is 12.8. The molecule has 0 aliphatic carbocycles. The lowest BCUT2D eigenvalue weighted by Gasteiger charge is -2.23. The highest BCUT2D eigenvalue weighted by Gasteiger charge is 2.13. The van der Waals surface area contributed by atoms with Crippen molar-refractivity contribution in [3.8, 4) is 0 Å². The fourth-order valence-electron chi connectivity index (χ4n) is 2.90. The zero-order chi connectivity index (χ0) is 18.5. The van der Waals surface area contributed by atoms with Crippen molar-refractivity contribution < 1.29 is 38.9 Å². The van der Waals surface area contributed by atoms with Crippen LogP contribution in [-0.2, 0) is 27.2 Å². The van der Waals surface area contributed by atoms with Crippen LogP contribution in [-0.4, -0.2) is 27.1 Å². The van der Waals surface area contributed by atoms with Gasteiger partial charge in [0.15, 0.2) is 0 Å². The number of aryl methyl sites for hydroxylation is 2. The molecule has 152 valence electrons. The van der Waals surface area contributed by atoms with Gasteiger partial charge in [-0.1, -0.05) is 0 Å². The molecular formula is C18H24Cl2N6O2. The summed E-state index contributed by atoms with van der Waals surface area (Å²) in [5, 5.41) is 10.9. The molecule has 0 N–H and O–H groups in total. The second kappa shape index (κ2) is 10.7. The zero-order valence-electron chi connectivity index (χ0n) is 15.9. The predicted octanol–water partition coefficient (Wildman–Crippen LogP) is -4.94. The number of nitrogens with zero attached hydrogens (tertiary/aromatic N) is 6. The number of imidazole rings is 2. The van der Waals surface area contributed by atoms with Crippen LogP contribution >= 0.6 is 0 Å². The molecule has 0 amide bonds. The largest absolute Gasteiger partial charge is 1.00 e. The molecular weight excluding hydrogens is 403 g/mol. The minimum absolute atomic E-state index is 0. The van der Waals surface area contributed by atoms with Gasteiger partial charge in [-0.15, -0.1) is 0 Å². The van der Waals surface area contributed by atoms with Crippen LogP contribution in [0, 0.1) is 10.1 Å². The summed E-state index contributed by atoms with van der Waals surface area (Å²) < 4.78 is 8.29. The molecule has 0 atom stereocenters.